The molecule has 0 aromatic carbocycles. The quantitative estimate of drug-likeness (QED) is 0.761. The second-order valence-electron chi connectivity index (χ2n) is 5.37. The van der Waals surface area contributed by atoms with Gasteiger partial charge in [-0.1, -0.05) is 0 Å². The average Bonchev–Trinajstić information content (AvgIpc) is 2.94. The van der Waals surface area contributed by atoms with Crippen LogP contribution in [0.4, 0.5) is 0 Å². The van der Waals surface area contributed by atoms with Gasteiger partial charge >= 0.3 is 0 Å². The van der Waals surface area contributed by atoms with Crippen molar-refractivity contribution in [3.05, 3.63) is 0 Å². The number of carbonyl (C=O) groups excluding carboxylic acids is 1. The van der Waals surface area contributed by atoms with Crippen molar-refractivity contribution in [2.24, 2.45) is 11.1 Å². The minimum atomic E-state index is -3.42. The lowest BCUT2D eigenvalue weighted by molar-refractivity contribution is -0.132. The second kappa shape index (κ2) is 3.20. The van der Waals surface area contributed by atoms with Crippen LogP contribution >= 0.6 is 0 Å². The molecule has 2 rings (SSSR count). The highest BCUT2D eigenvalue weighted by Crippen LogP contribution is 2.51. The molecule has 16 heavy (non-hydrogen) atoms. The van der Waals surface area contributed by atoms with E-state index in [9.17, 15) is 13.2 Å². The minimum absolute atomic E-state index is 0.0199. The van der Waals surface area contributed by atoms with E-state index in [1.807, 2.05) is 0 Å². The first-order chi connectivity index (χ1) is 7.27. The van der Waals surface area contributed by atoms with Crippen molar-refractivity contribution in [1.29, 1.82) is 0 Å². The fourth-order valence-electron chi connectivity index (χ4n) is 2.19. The van der Waals surface area contributed by atoms with Gasteiger partial charge in [-0.05, 0) is 45.1 Å². The molecule has 2 aliphatic rings. The molecule has 2 N–H and O–H groups in total. The Kier molecular flexibility index (Phi) is 2.37. The lowest BCUT2D eigenvalue weighted by Crippen LogP contribution is -2.68. The molecule has 1 aliphatic carbocycles. The average molecular weight is 246 g/mol. The van der Waals surface area contributed by atoms with Gasteiger partial charge in [0, 0.05) is 6.54 Å². The maximum atomic E-state index is 11.9. The molecule has 5 nitrogen and oxygen atoms in total. The Bertz CT molecular complexity index is 423. The summed E-state index contributed by atoms with van der Waals surface area (Å²) >= 11 is 0. The van der Waals surface area contributed by atoms with E-state index in [0.717, 1.165) is 23.6 Å². The molecule has 1 aliphatic heterocycles. The van der Waals surface area contributed by atoms with Crippen molar-refractivity contribution in [2.75, 3.05) is 13.1 Å². The van der Waals surface area contributed by atoms with Crippen LogP contribution in [0.5, 0.6) is 0 Å². The lowest BCUT2D eigenvalue weighted by atomic mass is 10.0. The summed E-state index contributed by atoms with van der Waals surface area (Å²) in [5.41, 5.74) is 5.47. The Morgan fingerprint density at radius 1 is 1.38 bits per heavy atom. The third-order valence-electron chi connectivity index (χ3n) is 3.79. The molecule has 0 unspecified atom stereocenters. The first kappa shape index (κ1) is 11.9. The van der Waals surface area contributed by atoms with E-state index in [-0.39, 0.29) is 11.3 Å². The van der Waals surface area contributed by atoms with Crippen molar-refractivity contribution in [2.45, 2.75) is 37.9 Å². The summed E-state index contributed by atoms with van der Waals surface area (Å²) in [6.45, 7) is 3.80. The van der Waals surface area contributed by atoms with E-state index in [1.54, 1.807) is 0 Å². The summed E-state index contributed by atoms with van der Waals surface area (Å²) in [4.78, 5) is 11.7. The molecule has 1 saturated heterocycles. The first-order valence-corrected chi connectivity index (χ1v) is 6.98. The molecule has 1 heterocycles. The Balaban J connectivity index is 2.12. The van der Waals surface area contributed by atoms with Gasteiger partial charge in [-0.25, -0.2) is 12.7 Å². The molecule has 92 valence electrons. The SMILES string of the molecule is CC1(C)C(=O)N(CC2(CCN)CC2)S1(=O)=O. The predicted molar refractivity (Wildman–Crippen MR) is 60.1 cm³/mol. The van der Waals surface area contributed by atoms with Crippen LogP contribution in [0.3, 0.4) is 0 Å². The Hall–Kier alpha value is -0.620. The minimum Gasteiger partial charge on any atom is -0.330 e. The predicted octanol–water partition coefficient (Wildman–Crippen LogP) is 0.0660. The van der Waals surface area contributed by atoms with Crippen LogP contribution < -0.4 is 5.73 Å². The summed E-state index contributed by atoms with van der Waals surface area (Å²) in [5, 5.41) is 0. The van der Waals surface area contributed by atoms with Crippen LogP contribution in [0.25, 0.3) is 0 Å². The van der Waals surface area contributed by atoms with Crippen molar-refractivity contribution >= 4 is 15.9 Å². The largest absolute Gasteiger partial charge is 0.330 e. The summed E-state index contributed by atoms with van der Waals surface area (Å²) in [7, 11) is -3.42. The number of amides is 1. The highest BCUT2D eigenvalue weighted by Gasteiger charge is 2.62. The highest BCUT2D eigenvalue weighted by atomic mass is 32.2. The zero-order valence-corrected chi connectivity index (χ0v) is 10.5. The number of sulfonamides is 1. The van der Waals surface area contributed by atoms with Crippen LogP contribution in [0, 0.1) is 5.41 Å². The molecule has 1 amide bonds. The van der Waals surface area contributed by atoms with Gasteiger partial charge in [0.25, 0.3) is 15.9 Å². The molecule has 0 aromatic heterocycles. The molecule has 6 heteroatoms. The molecule has 0 atom stereocenters. The molecule has 1 saturated carbocycles. The first-order valence-electron chi connectivity index (χ1n) is 5.54. The van der Waals surface area contributed by atoms with Gasteiger partial charge < -0.3 is 5.73 Å². The molecule has 0 bridgehead atoms. The molecule has 2 fully saturated rings. The van der Waals surface area contributed by atoms with Crippen LogP contribution in [0.1, 0.15) is 33.1 Å². The van der Waals surface area contributed by atoms with E-state index >= 15 is 0 Å². The number of rotatable bonds is 4. The van der Waals surface area contributed by atoms with Gasteiger partial charge in [0.05, 0.1) is 0 Å². The Labute approximate surface area is 96.0 Å². The highest BCUT2D eigenvalue weighted by molar-refractivity contribution is 7.94. The van der Waals surface area contributed by atoms with Gasteiger partial charge in [-0.3, -0.25) is 4.79 Å². The fourth-order valence-corrected chi connectivity index (χ4v) is 3.83. The summed E-state index contributed by atoms with van der Waals surface area (Å²) < 4.78 is 23.5. The van der Waals surface area contributed by atoms with Gasteiger partial charge in [0.1, 0.15) is 0 Å². The van der Waals surface area contributed by atoms with E-state index in [2.05, 4.69) is 0 Å². The van der Waals surface area contributed by atoms with Gasteiger partial charge in [0.2, 0.25) is 0 Å². The molecular weight excluding hydrogens is 228 g/mol. The number of hydrogen-bond acceptors (Lipinski definition) is 4. The van der Waals surface area contributed by atoms with Crippen molar-refractivity contribution in [3.8, 4) is 0 Å². The maximum absolute atomic E-state index is 11.9. The van der Waals surface area contributed by atoms with Gasteiger partial charge in [-0.2, -0.15) is 0 Å². The number of carbonyl (C=O) groups is 1. The molecule has 0 spiro atoms. The van der Waals surface area contributed by atoms with Crippen LogP contribution in [-0.4, -0.2) is 36.5 Å². The number of nitrogens with two attached hydrogens (primary N) is 1. The number of nitrogens with zero attached hydrogens (tertiary/aromatic N) is 1. The maximum Gasteiger partial charge on any atom is 0.258 e. The third-order valence-corrected chi connectivity index (χ3v) is 6.13. The van der Waals surface area contributed by atoms with Crippen LogP contribution in [-0.2, 0) is 14.8 Å². The van der Waals surface area contributed by atoms with E-state index in [0.29, 0.717) is 13.1 Å². The molecular formula is C10H18N2O3S. The Morgan fingerprint density at radius 2 is 1.94 bits per heavy atom. The molecule has 0 aromatic rings. The zero-order chi connectivity index (χ0) is 12.2. The number of hydrogen-bond donors (Lipinski definition) is 1. The zero-order valence-electron chi connectivity index (χ0n) is 9.69. The van der Waals surface area contributed by atoms with Crippen molar-refractivity contribution in [3.63, 3.8) is 0 Å². The summed E-state index contributed by atoms with van der Waals surface area (Å²) in [6.07, 6.45) is 2.75. The monoisotopic (exact) mass is 246 g/mol. The lowest BCUT2D eigenvalue weighted by Gasteiger charge is -2.44. The topological polar surface area (TPSA) is 80.5 Å². The van der Waals surface area contributed by atoms with Crippen molar-refractivity contribution < 1.29 is 13.2 Å². The van der Waals surface area contributed by atoms with Gasteiger partial charge in [0.15, 0.2) is 4.75 Å². The smallest absolute Gasteiger partial charge is 0.258 e. The Morgan fingerprint density at radius 3 is 2.31 bits per heavy atom. The fraction of sp³-hybridized carbons (Fsp3) is 0.900. The third kappa shape index (κ3) is 1.39. The van der Waals surface area contributed by atoms with Gasteiger partial charge in [-0.15, -0.1) is 0 Å². The normalized spacial score (nSPS) is 28.7. The molecule has 0 radical (unpaired) electrons. The second-order valence-corrected chi connectivity index (χ2v) is 7.78. The summed E-state index contributed by atoms with van der Waals surface area (Å²) in [6, 6.07) is 0. The van der Waals surface area contributed by atoms with Crippen LogP contribution in [0.2, 0.25) is 0 Å². The van der Waals surface area contributed by atoms with E-state index in [1.165, 1.54) is 13.8 Å². The standard InChI is InChI=1S/C10H18N2O3S/c1-9(2)8(13)12(16(9,14)15)7-10(3-4-10)5-6-11/h3-7,11H2,1-2H3. The van der Waals surface area contributed by atoms with Crippen molar-refractivity contribution in [1.82, 2.24) is 4.31 Å². The van der Waals surface area contributed by atoms with E-state index in [4.69, 9.17) is 5.73 Å². The summed E-state index contributed by atoms with van der Waals surface area (Å²) in [5.74, 6) is -0.282. The van der Waals surface area contributed by atoms with Crippen LogP contribution in [0.15, 0.2) is 0 Å². The van der Waals surface area contributed by atoms with E-state index < -0.39 is 14.8 Å².